The van der Waals surface area contributed by atoms with Gasteiger partial charge in [-0.25, -0.2) is 0 Å². The van der Waals surface area contributed by atoms with E-state index in [1.165, 1.54) is 12.1 Å². The number of anilines is 1. The van der Waals surface area contributed by atoms with Gasteiger partial charge in [-0.3, -0.25) is 9.69 Å². The van der Waals surface area contributed by atoms with Crippen LogP contribution in [0.5, 0.6) is 11.5 Å². The third-order valence-electron chi connectivity index (χ3n) is 5.15. The Labute approximate surface area is 167 Å². The van der Waals surface area contributed by atoms with Crippen LogP contribution in [0.15, 0.2) is 36.4 Å². The number of rotatable bonds is 5. The van der Waals surface area contributed by atoms with Crippen LogP contribution in [0.4, 0.5) is 18.9 Å². The number of nitrogens with one attached hydrogen (secondary N) is 1. The van der Waals surface area contributed by atoms with Gasteiger partial charge in [-0.2, -0.15) is 13.2 Å². The van der Waals surface area contributed by atoms with Gasteiger partial charge in [0, 0.05) is 18.8 Å². The maximum Gasteiger partial charge on any atom is 0.416 e. The van der Waals surface area contributed by atoms with Gasteiger partial charge < -0.3 is 14.8 Å². The molecule has 29 heavy (non-hydrogen) atoms. The van der Waals surface area contributed by atoms with Crippen molar-refractivity contribution in [2.45, 2.75) is 32.1 Å². The lowest BCUT2D eigenvalue weighted by atomic mass is 9.97. The van der Waals surface area contributed by atoms with Crippen LogP contribution in [-0.2, 0) is 23.9 Å². The fourth-order valence-corrected chi connectivity index (χ4v) is 3.39. The Morgan fingerprint density at radius 1 is 1.07 bits per heavy atom. The molecule has 1 heterocycles. The van der Waals surface area contributed by atoms with Gasteiger partial charge >= 0.3 is 6.18 Å². The Kier molecular flexibility index (Phi) is 6.02. The van der Waals surface area contributed by atoms with Gasteiger partial charge in [0.25, 0.3) is 0 Å². The highest BCUT2D eigenvalue weighted by Gasteiger charge is 2.30. The first-order chi connectivity index (χ1) is 13.7. The van der Waals surface area contributed by atoms with Gasteiger partial charge in [-0.15, -0.1) is 0 Å². The van der Waals surface area contributed by atoms with Gasteiger partial charge in [-0.05, 0) is 60.9 Å². The van der Waals surface area contributed by atoms with E-state index in [4.69, 9.17) is 9.47 Å². The molecule has 0 aromatic heterocycles. The molecule has 0 aliphatic carbocycles. The molecule has 1 atom stereocenters. The van der Waals surface area contributed by atoms with Crippen LogP contribution in [-0.4, -0.2) is 37.6 Å². The third kappa shape index (κ3) is 4.64. The molecule has 0 saturated carbocycles. The fraction of sp³-hybridized carbons (Fsp3) is 0.381. The minimum absolute atomic E-state index is 0.270. The largest absolute Gasteiger partial charge is 0.493 e. The molecule has 8 heteroatoms. The van der Waals surface area contributed by atoms with E-state index >= 15 is 0 Å². The van der Waals surface area contributed by atoms with Crippen molar-refractivity contribution in [1.82, 2.24) is 4.90 Å². The molecule has 1 amide bonds. The molecule has 5 nitrogen and oxygen atoms in total. The topological polar surface area (TPSA) is 50.8 Å². The smallest absolute Gasteiger partial charge is 0.416 e. The molecule has 1 aliphatic heterocycles. The maximum atomic E-state index is 12.7. The normalized spacial score (nSPS) is 15.4. The summed E-state index contributed by atoms with van der Waals surface area (Å²) in [4.78, 5) is 14.6. The Bertz CT molecular complexity index is 882. The van der Waals surface area contributed by atoms with Gasteiger partial charge in [0.2, 0.25) is 5.91 Å². The SMILES string of the molecule is COc1cc2c(cc1OC)CN([C@@H](C)C(=O)Nc1ccc(C(F)(F)F)cc1)CC2. The molecule has 0 bridgehead atoms. The van der Waals surface area contributed by atoms with Gasteiger partial charge in [0.15, 0.2) is 11.5 Å². The molecule has 2 aromatic carbocycles. The van der Waals surface area contributed by atoms with Crippen LogP contribution in [0.3, 0.4) is 0 Å². The van der Waals surface area contributed by atoms with E-state index in [-0.39, 0.29) is 5.91 Å². The molecule has 0 fully saturated rings. The van der Waals surface area contributed by atoms with E-state index in [1.807, 2.05) is 17.0 Å². The molecule has 0 radical (unpaired) electrons. The van der Waals surface area contributed by atoms with E-state index in [2.05, 4.69) is 5.32 Å². The predicted molar refractivity (Wildman–Crippen MR) is 103 cm³/mol. The van der Waals surface area contributed by atoms with E-state index in [0.29, 0.717) is 30.3 Å². The molecule has 2 aromatic rings. The third-order valence-corrected chi connectivity index (χ3v) is 5.15. The summed E-state index contributed by atoms with van der Waals surface area (Å²) in [5.74, 6) is 1.04. The summed E-state index contributed by atoms with van der Waals surface area (Å²) in [7, 11) is 3.16. The quantitative estimate of drug-likeness (QED) is 0.809. The molecule has 1 N–H and O–H groups in total. The van der Waals surface area contributed by atoms with Crippen LogP contribution < -0.4 is 14.8 Å². The number of carbonyl (C=O) groups is 1. The Balaban J connectivity index is 1.68. The zero-order valence-corrected chi connectivity index (χ0v) is 16.5. The monoisotopic (exact) mass is 408 g/mol. The highest BCUT2D eigenvalue weighted by atomic mass is 19.4. The molecule has 3 rings (SSSR count). The molecule has 0 spiro atoms. The highest BCUT2D eigenvalue weighted by molar-refractivity contribution is 5.94. The van der Waals surface area contributed by atoms with Gasteiger partial charge in [-0.1, -0.05) is 0 Å². The standard InChI is InChI=1S/C21H23F3N2O3/c1-13(20(27)25-17-6-4-16(5-7-17)21(22,23)24)26-9-8-14-10-18(28-2)19(29-3)11-15(14)12-26/h4-7,10-11,13H,8-9,12H2,1-3H3,(H,25,27)/t13-/m0/s1. The van der Waals surface area contributed by atoms with E-state index in [0.717, 1.165) is 29.7 Å². The first-order valence-corrected chi connectivity index (χ1v) is 9.19. The van der Waals surface area contributed by atoms with Crippen LogP contribution >= 0.6 is 0 Å². The lowest BCUT2D eigenvalue weighted by molar-refractivity contribution is -0.137. The van der Waals surface area contributed by atoms with Crippen molar-refractivity contribution in [3.8, 4) is 11.5 Å². The number of carbonyl (C=O) groups excluding carboxylic acids is 1. The maximum absolute atomic E-state index is 12.7. The average molecular weight is 408 g/mol. The Hall–Kier alpha value is -2.74. The number of benzene rings is 2. The van der Waals surface area contributed by atoms with Crippen LogP contribution in [0, 0.1) is 0 Å². The molecular weight excluding hydrogens is 385 g/mol. The second-order valence-corrected chi connectivity index (χ2v) is 6.94. The first-order valence-electron chi connectivity index (χ1n) is 9.19. The molecule has 1 aliphatic rings. The number of fused-ring (bicyclic) bond motifs is 1. The Morgan fingerprint density at radius 2 is 1.66 bits per heavy atom. The number of hydrogen-bond acceptors (Lipinski definition) is 4. The molecule has 0 unspecified atom stereocenters. The second-order valence-electron chi connectivity index (χ2n) is 6.94. The zero-order valence-electron chi connectivity index (χ0n) is 16.5. The molecule has 0 saturated heterocycles. The second kappa shape index (κ2) is 8.32. The van der Waals surface area contributed by atoms with E-state index in [1.54, 1.807) is 21.1 Å². The van der Waals surface area contributed by atoms with Crippen molar-refractivity contribution in [2.24, 2.45) is 0 Å². The zero-order chi connectivity index (χ0) is 21.2. The number of halogens is 3. The van der Waals surface area contributed by atoms with Crippen molar-refractivity contribution < 1.29 is 27.4 Å². The Morgan fingerprint density at radius 3 is 2.21 bits per heavy atom. The van der Waals surface area contributed by atoms with Gasteiger partial charge in [0.05, 0.1) is 25.8 Å². The summed E-state index contributed by atoms with van der Waals surface area (Å²) in [6.45, 7) is 3.03. The van der Waals surface area contributed by atoms with Crippen LogP contribution in [0.1, 0.15) is 23.6 Å². The van der Waals surface area contributed by atoms with Crippen molar-refractivity contribution >= 4 is 11.6 Å². The van der Waals surface area contributed by atoms with Crippen molar-refractivity contribution in [1.29, 1.82) is 0 Å². The summed E-state index contributed by atoms with van der Waals surface area (Å²) in [5, 5.41) is 2.69. The van der Waals surface area contributed by atoms with Crippen molar-refractivity contribution in [2.75, 3.05) is 26.1 Å². The summed E-state index contributed by atoms with van der Waals surface area (Å²) in [5.41, 5.74) is 1.79. The number of ether oxygens (including phenoxy) is 2. The summed E-state index contributed by atoms with van der Waals surface area (Å²) < 4.78 is 48.7. The van der Waals surface area contributed by atoms with Gasteiger partial charge in [0.1, 0.15) is 0 Å². The number of hydrogen-bond donors (Lipinski definition) is 1. The van der Waals surface area contributed by atoms with E-state index < -0.39 is 17.8 Å². The van der Waals surface area contributed by atoms with Crippen LogP contribution in [0.25, 0.3) is 0 Å². The molecular formula is C21H23F3N2O3. The molecule has 156 valence electrons. The highest BCUT2D eigenvalue weighted by Crippen LogP contribution is 2.34. The van der Waals surface area contributed by atoms with Crippen molar-refractivity contribution in [3.05, 3.63) is 53.1 Å². The minimum Gasteiger partial charge on any atom is -0.493 e. The number of amides is 1. The minimum atomic E-state index is -4.40. The fourth-order valence-electron chi connectivity index (χ4n) is 3.39. The van der Waals surface area contributed by atoms with Crippen molar-refractivity contribution in [3.63, 3.8) is 0 Å². The first kappa shape index (κ1) is 21.0. The summed E-state index contributed by atoms with van der Waals surface area (Å²) in [6.07, 6.45) is -3.64. The lowest BCUT2D eigenvalue weighted by Crippen LogP contribution is -2.44. The number of nitrogens with zero attached hydrogens (tertiary/aromatic N) is 1. The number of methoxy groups -OCH3 is 2. The predicted octanol–water partition coefficient (Wildman–Crippen LogP) is 4.11. The average Bonchev–Trinajstić information content (AvgIpc) is 2.71. The lowest BCUT2D eigenvalue weighted by Gasteiger charge is -2.33. The number of alkyl halides is 3. The summed E-state index contributed by atoms with van der Waals surface area (Å²) >= 11 is 0. The van der Waals surface area contributed by atoms with Crippen LogP contribution in [0.2, 0.25) is 0 Å². The van der Waals surface area contributed by atoms with E-state index in [9.17, 15) is 18.0 Å². The summed E-state index contributed by atoms with van der Waals surface area (Å²) in [6, 6.07) is 7.86.